The second kappa shape index (κ2) is 14.8. The summed E-state index contributed by atoms with van der Waals surface area (Å²) in [5.41, 5.74) is 2.00. The van der Waals surface area contributed by atoms with Gasteiger partial charge >= 0.3 is 18.9 Å². The number of thiazole rings is 1. The summed E-state index contributed by atoms with van der Waals surface area (Å²) in [6.07, 6.45) is 14.2. The second-order valence-corrected chi connectivity index (χ2v) is 9.91. The van der Waals surface area contributed by atoms with Crippen LogP contribution < -0.4 is 23.6 Å². The van der Waals surface area contributed by atoms with E-state index < -0.39 is 0 Å². The predicted octanol–water partition coefficient (Wildman–Crippen LogP) is 3.87. The first-order chi connectivity index (χ1) is 18.6. The summed E-state index contributed by atoms with van der Waals surface area (Å²) in [6, 6.07) is 15.0. The van der Waals surface area contributed by atoms with Gasteiger partial charge in [-0.3, -0.25) is 9.78 Å². The van der Waals surface area contributed by atoms with E-state index in [1.807, 2.05) is 24.3 Å². The minimum atomic E-state index is 0. The average molecular weight is 532 g/mol. The van der Waals surface area contributed by atoms with Crippen molar-refractivity contribution in [3.63, 3.8) is 0 Å². The summed E-state index contributed by atoms with van der Waals surface area (Å²) < 4.78 is 6.93. The number of aldehydes is 1. The van der Waals surface area contributed by atoms with Crippen LogP contribution in [0.15, 0.2) is 73.1 Å². The molecule has 39 heavy (non-hydrogen) atoms. The molecule has 2 aromatic carbocycles. The molecular weight excluding hydrogens is 501 g/mol. The van der Waals surface area contributed by atoms with E-state index in [0.717, 1.165) is 28.1 Å². The number of allylic oxidation sites excluding steroid dienone is 2. The largest absolute Gasteiger partial charge is 1.00 e. The third-order valence-corrected chi connectivity index (χ3v) is 7.32. The fraction of sp³-hybridized carbons (Fsp3) is 0.226. The maximum atomic E-state index is 11.3. The summed E-state index contributed by atoms with van der Waals surface area (Å²) >= 11 is 1.59. The maximum Gasteiger partial charge on any atom is 1.00 e. The number of pyridine rings is 1. The van der Waals surface area contributed by atoms with Gasteiger partial charge in [0.15, 0.2) is 0 Å². The van der Waals surface area contributed by atoms with Crippen molar-refractivity contribution in [2.45, 2.75) is 38.8 Å². The van der Waals surface area contributed by atoms with Gasteiger partial charge in [-0.05, 0) is 54.1 Å². The van der Waals surface area contributed by atoms with Gasteiger partial charge in [-0.1, -0.05) is 42.5 Å². The fourth-order valence-corrected chi connectivity index (χ4v) is 4.97. The number of hydrogen-bond donors (Lipinski definition) is 0. The number of ether oxygens (including phenoxy) is 1. The Morgan fingerprint density at radius 3 is 2.46 bits per heavy atom. The molecule has 0 radical (unpaired) electrons. The van der Waals surface area contributed by atoms with Crippen LogP contribution >= 0.6 is 11.3 Å². The molecule has 0 saturated carbocycles. The number of para-hydroxylation sites is 1. The van der Waals surface area contributed by atoms with Gasteiger partial charge in [0.2, 0.25) is 0 Å². The molecular formula is C31H30LiN3O3S-2. The zero-order chi connectivity index (χ0) is 26.9. The van der Waals surface area contributed by atoms with E-state index in [9.17, 15) is 9.59 Å². The normalized spacial score (nSPS) is 12.8. The quantitative estimate of drug-likeness (QED) is 0.186. The number of nitrogens with zero attached hydrogens (tertiary/aromatic N) is 3. The minimum Gasteiger partial charge on any atom is -0.486 e. The Balaban J connectivity index is 0.000000256. The summed E-state index contributed by atoms with van der Waals surface area (Å²) in [5, 5.41) is 1.51. The third-order valence-electron chi connectivity index (χ3n) is 6.31. The van der Waals surface area contributed by atoms with Gasteiger partial charge in [-0.15, -0.1) is 11.3 Å². The zero-order valence-corrected chi connectivity index (χ0v) is 23.2. The molecule has 0 fully saturated rings. The van der Waals surface area contributed by atoms with Crippen LogP contribution in [-0.4, -0.2) is 33.5 Å². The van der Waals surface area contributed by atoms with Crippen LogP contribution in [0.5, 0.6) is 5.75 Å². The van der Waals surface area contributed by atoms with Gasteiger partial charge in [-0.2, -0.15) is 18.9 Å². The molecule has 0 spiro atoms. The maximum absolute atomic E-state index is 11.3. The van der Waals surface area contributed by atoms with Crippen LogP contribution in [0.25, 0.3) is 21.1 Å². The first kappa shape index (κ1) is 30.3. The fourth-order valence-electron chi connectivity index (χ4n) is 4.09. The van der Waals surface area contributed by atoms with E-state index in [4.69, 9.17) is 4.74 Å². The molecule has 8 heteroatoms. The molecule has 1 aliphatic heterocycles. The first-order valence-electron chi connectivity index (χ1n) is 12.6. The molecule has 4 aromatic rings. The molecule has 0 saturated heterocycles. The molecule has 3 heterocycles. The third kappa shape index (κ3) is 7.66. The van der Waals surface area contributed by atoms with Gasteiger partial charge in [-0.25, -0.2) is 4.98 Å². The minimum absolute atomic E-state index is 0. The molecule has 0 atom stereocenters. The van der Waals surface area contributed by atoms with E-state index in [1.165, 1.54) is 12.5 Å². The average Bonchev–Trinajstić information content (AvgIpc) is 3.40. The number of hydrogen-bond acceptors (Lipinski definition) is 7. The summed E-state index contributed by atoms with van der Waals surface area (Å²) in [5.74, 6) is 1.23. The van der Waals surface area contributed by atoms with Crippen molar-refractivity contribution >= 4 is 45.0 Å². The molecule has 0 bridgehead atoms. The van der Waals surface area contributed by atoms with Crippen LogP contribution in [0, 0.1) is 19.8 Å². The standard InChI is InChI=1S/C19H11N2O3S.C12H19N.Li/c22-9-12-7-13(10-23)20-16-6-5-14(8-15(12)16)24-11-19-21-17-3-1-2-4-18(17)25-19;1-4-11-7-9-13(10-8-11)12(5-2)6-3;/h1-9H,11H2;7-12H,2-6H2,1H3;/q-1;-2;+1. The van der Waals surface area contributed by atoms with Gasteiger partial charge in [0.05, 0.1) is 15.7 Å². The molecule has 0 N–H and O–H groups in total. The SMILES string of the molecule is O=[C-]c1cc(C=O)c2cc(OCc3nc4ccccc4s3)ccc2n1.[CH2-]CC(C[CH2-])N1C=CC(CC)C=C1.[Li+]. The van der Waals surface area contributed by atoms with Crippen molar-refractivity contribution < 1.29 is 33.2 Å². The molecule has 6 nitrogen and oxygen atoms in total. The number of carbonyl (C=O) groups is 1. The van der Waals surface area contributed by atoms with Crippen molar-refractivity contribution in [3.8, 4) is 5.75 Å². The Morgan fingerprint density at radius 1 is 1.08 bits per heavy atom. The van der Waals surface area contributed by atoms with E-state index in [2.05, 4.69) is 60.2 Å². The first-order valence-corrected chi connectivity index (χ1v) is 13.4. The predicted molar refractivity (Wildman–Crippen MR) is 154 cm³/mol. The summed E-state index contributed by atoms with van der Waals surface area (Å²) in [4.78, 5) is 32.9. The Labute approximate surface area is 246 Å². The topological polar surface area (TPSA) is 72.4 Å². The molecule has 0 unspecified atom stereocenters. The molecule has 196 valence electrons. The molecule has 5 rings (SSSR count). The molecule has 0 aliphatic carbocycles. The number of aromatic nitrogens is 2. The number of rotatable bonds is 9. The van der Waals surface area contributed by atoms with Gasteiger partial charge in [0, 0.05) is 18.7 Å². The van der Waals surface area contributed by atoms with Crippen LogP contribution in [0.2, 0.25) is 0 Å². The summed E-state index contributed by atoms with van der Waals surface area (Å²) in [6.45, 7) is 10.4. The number of carbonyl (C=O) groups excluding carboxylic acids is 2. The van der Waals surface area contributed by atoms with Crippen LogP contribution in [-0.2, 0) is 11.4 Å². The number of fused-ring (bicyclic) bond motifs is 2. The van der Waals surface area contributed by atoms with Crippen LogP contribution in [0.1, 0.15) is 47.2 Å². The Morgan fingerprint density at radius 2 is 1.82 bits per heavy atom. The van der Waals surface area contributed by atoms with E-state index >= 15 is 0 Å². The number of benzene rings is 2. The monoisotopic (exact) mass is 531 g/mol. The van der Waals surface area contributed by atoms with Crippen molar-refractivity contribution in [1.82, 2.24) is 14.9 Å². The Hall–Kier alpha value is -3.24. The Kier molecular flexibility index (Phi) is 11.5. The Bertz CT molecular complexity index is 1420. The smallest absolute Gasteiger partial charge is 0.486 e. The van der Waals surface area contributed by atoms with Crippen molar-refractivity contribution in [1.29, 1.82) is 0 Å². The van der Waals surface area contributed by atoms with Crippen LogP contribution in [0.4, 0.5) is 0 Å². The van der Waals surface area contributed by atoms with Crippen molar-refractivity contribution in [2.24, 2.45) is 5.92 Å². The van der Waals surface area contributed by atoms with Gasteiger partial charge in [0.1, 0.15) is 23.7 Å². The molecule has 0 amide bonds. The van der Waals surface area contributed by atoms with E-state index in [0.29, 0.717) is 47.1 Å². The van der Waals surface area contributed by atoms with Gasteiger partial charge < -0.3 is 28.3 Å². The summed E-state index contributed by atoms with van der Waals surface area (Å²) in [7, 11) is 0. The molecule has 2 aromatic heterocycles. The zero-order valence-electron chi connectivity index (χ0n) is 22.4. The molecule has 1 aliphatic rings. The van der Waals surface area contributed by atoms with Gasteiger partial charge in [0.25, 0.3) is 0 Å². The van der Waals surface area contributed by atoms with E-state index in [1.54, 1.807) is 35.8 Å². The second-order valence-electron chi connectivity index (χ2n) is 8.79. The van der Waals surface area contributed by atoms with Crippen molar-refractivity contribution in [2.75, 3.05) is 0 Å². The van der Waals surface area contributed by atoms with Crippen molar-refractivity contribution in [3.05, 3.63) is 103 Å². The van der Waals surface area contributed by atoms with Crippen LogP contribution in [0.3, 0.4) is 0 Å². The van der Waals surface area contributed by atoms with E-state index in [-0.39, 0.29) is 24.6 Å².